The Balaban J connectivity index is 2.38. The molecule has 2 heteroatoms. The molecule has 0 spiro atoms. The quantitative estimate of drug-likeness (QED) is 0.646. The van der Waals surface area contributed by atoms with E-state index in [-0.39, 0.29) is 0 Å². The molecule has 68 valence electrons. The maximum atomic E-state index is 5.88. The minimum Gasteiger partial charge on any atom is -0.257 e. The van der Waals surface area contributed by atoms with Crippen LogP contribution in [-0.4, -0.2) is 5.71 Å². The van der Waals surface area contributed by atoms with Gasteiger partial charge in [-0.2, -0.15) is 0 Å². The lowest BCUT2D eigenvalue weighted by Crippen LogP contribution is -2.06. The molecule has 0 saturated heterocycles. The molecule has 0 unspecified atom stereocenters. The molecule has 13 heavy (non-hydrogen) atoms. The fourth-order valence-corrected chi connectivity index (χ4v) is 1.68. The summed E-state index contributed by atoms with van der Waals surface area (Å²) in [5.41, 5.74) is 3.61. The van der Waals surface area contributed by atoms with Gasteiger partial charge in [0, 0.05) is 17.2 Å². The monoisotopic (exact) mass is 193 g/mol. The third-order valence-electron chi connectivity index (χ3n) is 2.35. The van der Waals surface area contributed by atoms with Crippen LogP contribution >= 0.6 is 11.6 Å². The Kier molecular flexibility index (Phi) is 2.12. The number of aliphatic imine (C=N–C) groups is 1. The van der Waals surface area contributed by atoms with Crippen molar-refractivity contribution in [3.8, 4) is 0 Å². The van der Waals surface area contributed by atoms with Gasteiger partial charge in [0.1, 0.15) is 0 Å². The van der Waals surface area contributed by atoms with Crippen LogP contribution in [0.2, 0.25) is 5.02 Å². The Morgan fingerprint density at radius 2 is 2.15 bits per heavy atom. The second-order valence-corrected chi connectivity index (χ2v) is 4.14. The Morgan fingerprint density at radius 1 is 1.38 bits per heavy atom. The lowest BCUT2D eigenvalue weighted by molar-refractivity contribution is 0.871. The zero-order chi connectivity index (χ0) is 9.42. The van der Waals surface area contributed by atoms with Gasteiger partial charge in [-0.25, -0.2) is 0 Å². The van der Waals surface area contributed by atoms with E-state index < -0.39 is 0 Å². The largest absolute Gasteiger partial charge is 0.257 e. The minimum atomic E-state index is 0.533. The van der Waals surface area contributed by atoms with Crippen molar-refractivity contribution in [2.75, 3.05) is 0 Å². The maximum absolute atomic E-state index is 5.88. The summed E-state index contributed by atoms with van der Waals surface area (Å²) in [6.07, 6.45) is 0.990. The van der Waals surface area contributed by atoms with Gasteiger partial charge in [-0.05, 0) is 23.6 Å². The van der Waals surface area contributed by atoms with Crippen LogP contribution in [0.15, 0.2) is 23.2 Å². The van der Waals surface area contributed by atoms with E-state index in [1.807, 2.05) is 12.1 Å². The van der Waals surface area contributed by atoms with Crippen LogP contribution in [0.3, 0.4) is 0 Å². The van der Waals surface area contributed by atoms with E-state index >= 15 is 0 Å². The highest BCUT2D eigenvalue weighted by Gasteiger charge is 2.16. The van der Waals surface area contributed by atoms with Crippen molar-refractivity contribution in [1.29, 1.82) is 0 Å². The first-order chi connectivity index (χ1) is 6.16. The molecule has 0 atom stereocenters. The number of fused-ring (bicyclic) bond motifs is 1. The van der Waals surface area contributed by atoms with E-state index in [0.29, 0.717) is 5.92 Å². The molecule has 1 nitrogen and oxygen atoms in total. The molecule has 0 aromatic heterocycles. The molecule has 0 aliphatic carbocycles. The van der Waals surface area contributed by atoms with Gasteiger partial charge in [-0.3, -0.25) is 4.99 Å². The predicted molar refractivity (Wildman–Crippen MR) is 57.1 cm³/mol. The normalized spacial score (nSPS) is 14.6. The van der Waals surface area contributed by atoms with Gasteiger partial charge < -0.3 is 0 Å². The summed E-state index contributed by atoms with van der Waals surface area (Å²) in [6, 6.07) is 5.93. The van der Waals surface area contributed by atoms with Gasteiger partial charge in [-0.15, -0.1) is 0 Å². The van der Waals surface area contributed by atoms with Crippen molar-refractivity contribution in [2.24, 2.45) is 10.9 Å². The highest BCUT2D eigenvalue weighted by atomic mass is 35.5. The molecular formula is C11H12ClN. The molecule has 1 aliphatic heterocycles. The fraction of sp³-hybridized carbons (Fsp3) is 0.364. The first-order valence-electron chi connectivity index (χ1n) is 4.52. The van der Waals surface area contributed by atoms with E-state index in [9.17, 15) is 0 Å². The van der Waals surface area contributed by atoms with Crippen molar-refractivity contribution in [1.82, 2.24) is 0 Å². The SMILES string of the molecule is CC(C)C1=Nc2cc(Cl)ccc2C1. The van der Waals surface area contributed by atoms with Crippen molar-refractivity contribution < 1.29 is 0 Å². The molecule has 0 bridgehead atoms. The number of halogens is 1. The zero-order valence-corrected chi connectivity index (χ0v) is 8.60. The molecule has 1 aliphatic rings. The molecular weight excluding hydrogens is 182 g/mol. The predicted octanol–water partition coefficient (Wildman–Crippen LogP) is 3.62. The zero-order valence-electron chi connectivity index (χ0n) is 7.84. The third kappa shape index (κ3) is 1.61. The Morgan fingerprint density at radius 3 is 2.85 bits per heavy atom. The van der Waals surface area contributed by atoms with Gasteiger partial charge in [0.05, 0.1) is 5.69 Å². The van der Waals surface area contributed by atoms with Crippen molar-refractivity contribution in [3.05, 3.63) is 28.8 Å². The lowest BCUT2D eigenvalue weighted by atomic mass is 10.0. The van der Waals surface area contributed by atoms with Crippen LogP contribution in [0.25, 0.3) is 0 Å². The van der Waals surface area contributed by atoms with Crippen LogP contribution in [0, 0.1) is 5.92 Å². The number of hydrogen-bond acceptors (Lipinski definition) is 1. The summed E-state index contributed by atoms with van der Waals surface area (Å²) in [6.45, 7) is 4.35. The average molecular weight is 194 g/mol. The first kappa shape index (κ1) is 8.76. The van der Waals surface area contributed by atoms with Gasteiger partial charge in [-0.1, -0.05) is 31.5 Å². The molecule has 0 fully saturated rings. The van der Waals surface area contributed by atoms with Crippen LogP contribution in [-0.2, 0) is 6.42 Å². The van der Waals surface area contributed by atoms with Gasteiger partial charge in [0.2, 0.25) is 0 Å². The Bertz CT molecular complexity index is 366. The Labute approximate surface area is 83.4 Å². The number of hydrogen-bond donors (Lipinski definition) is 0. The van der Waals surface area contributed by atoms with Crippen molar-refractivity contribution in [3.63, 3.8) is 0 Å². The topological polar surface area (TPSA) is 12.4 Å². The summed E-state index contributed by atoms with van der Waals surface area (Å²) >= 11 is 5.88. The molecule has 2 rings (SSSR count). The fourth-order valence-electron chi connectivity index (χ4n) is 1.51. The summed E-state index contributed by atoms with van der Waals surface area (Å²) < 4.78 is 0. The van der Waals surface area contributed by atoms with Crippen molar-refractivity contribution >= 4 is 23.0 Å². The van der Waals surface area contributed by atoms with E-state index in [1.165, 1.54) is 11.3 Å². The molecule has 0 N–H and O–H groups in total. The van der Waals surface area contributed by atoms with E-state index in [1.54, 1.807) is 0 Å². The molecule has 1 aromatic rings. The minimum absolute atomic E-state index is 0.533. The van der Waals surface area contributed by atoms with Crippen molar-refractivity contribution in [2.45, 2.75) is 20.3 Å². The second-order valence-electron chi connectivity index (χ2n) is 3.71. The van der Waals surface area contributed by atoms with Crippen LogP contribution in [0.1, 0.15) is 19.4 Å². The molecule has 0 saturated carbocycles. The number of benzene rings is 1. The summed E-state index contributed by atoms with van der Waals surface area (Å²) in [7, 11) is 0. The lowest BCUT2D eigenvalue weighted by Gasteiger charge is -2.01. The summed E-state index contributed by atoms with van der Waals surface area (Å²) in [5.74, 6) is 0.533. The van der Waals surface area contributed by atoms with Crippen LogP contribution < -0.4 is 0 Å². The highest BCUT2D eigenvalue weighted by molar-refractivity contribution is 6.31. The van der Waals surface area contributed by atoms with E-state index in [2.05, 4.69) is 24.9 Å². The highest BCUT2D eigenvalue weighted by Crippen LogP contribution is 2.31. The van der Waals surface area contributed by atoms with Gasteiger partial charge in [0.25, 0.3) is 0 Å². The smallest absolute Gasteiger partial charge is 0.0679 e. The van der Waals surface area contributed by atoms with Gasteiger partial charge >= 0.3 is 0 Å². The number of nitrogens with zero attached hydrogens (tertiary/aromatic N) is 1. The Hall–Kier alpha value is -0.820. The molecule has 1 aromatic carbocycles. The standard InChI is InChI=1S/C11H12ClN/c1-7(2)10-5-8-3-4-9(12)6-11(8)13-10/h3-4,6-7H,5H2,1-2H3. The van der Waals surface area contributed by atoms with Crippen LogP contribution in [0.4, 0.5) is 5.69 Å². The van der Waals surface area contributed by atoms with E-state index in [0.717, 1.165) is 17.1 Å². The van der Waals surface area contributed by atoms with Gasteiger partial charge in [0.15, 0.2) is 0 Å². The van der Waals surface area contributed by atoms with E-state index in [4.69, 9.17) is 11.6 Å². The first-order valence-corrected chi connectivity index (χ1v) is 4.90. The summed E-state index contributed by atoms with van der Waals surface area (Å²) in [5, 5.41) is 0.771. The van der Waals surface area contributed by atoms with Crippen LogP contribution in [0.5, 0.6) is 0 Å². The maximum Gasteiger partial charge on any atom is 0.0679 e. The third-order valence-corrected chi connectivity index (χ3v) is 2.58. The average Bonchev–Trinajstić information content (AvgIpc) is 2.46. The summed E-state index contributed by atoms with van der Waals surface area (Å²) in [4.78, 5) is 4.54. The number of rotatable bonds is 1. The molecule has 1 heterocycles. The molecule has 0 radical (unpaired) electrons. The second kappa shape index (κ2) is 3.15. The molecule has 0 amide bonds.